The molecule has 1 atom stereocenters. The fourth-order valence-corrected chi connectivity index (χ4v) is 2.00. The highest BCUT2D eigenvalue weighted by atomic mass is 19.4. The van der Waals surface area contributed by atoms with Crippen LogP contribution < -0.4 is 5.32 Å². The van der Waals surface area contributed by atoms with Crippen LogP contribution in [0.25, 0.3) is 0 Å². The predicted molar refractivity (Wildman–Crippen MR) is 78.6 cm³/mol. The van der Waals surface area contributed by atoms with E-state index in [1.54, 1.807) is 0 Å². The second-order valence-corrected chi connectivity index (χ2v) is 5.55. The molecule has 1 aromatic carbocycles. The van der Waals surface area contributed by atoms with Crippen LogP contribution >= 0.6 is 0 Å². The van der Waals surface area contributed by atoms with Crippen molar-refractivity contribution in [2.75, 3.05) is 0 Å². The van der Waals surface area contributed by atoms with Crippen LogP contribution in [-0.2, 0) is 23.9 Å². The van der Waals surface area contributed by atoms with Crippen molar-refractivity contribution in [3.63, 3.8) is 0 Å². The summed E-state index contributed by atoms with van der Waals surface area (Å²) in [4.78, 5) is 15.3. The van der Waals surface area contributed by atoms with Gasteiger partial charge in [0, 0.05) is 0 Å². The SMILES string of the molecule is CC(O)(CCc1ccccc1)C(=O)NCc1nc(C(F)(F)F)n[nH]1. The molecule has 0 spiro atoms. The number of aliphatic hydroxyl groups is 1. The molecule has 9 heteroatoms. The summed E-state index contributed by atoms with van der Waals surface area (Å²) in [5.74, 6) is -2.14. The zero-order chi connectivity index (χ0) is 17.8. The number of amides is 1. The molecule has 0 aliphatic rings. The number of H-pyrrole nitrogens is 1. The monoisotopic (exact) mass is 342 g/mol. The van der Waals surface area contributed by atoms with E-state index in [2.05, 4.69) is 20.5 Å². The Morgan fingerprint density at radius 2 is 1.96 bits per heavy atom. The van der Waals surface area contributed by atoms with Crippen LogP contribution in [0, 0.1) is 0 Å². The van der Waals surface area contributed by atoms with Gasteiger partial charge in [0.15, 0.2) is 0 Å². The number of aryl methyl sites for hydroxylation is 1. The van der Waals surface area contributed by atoms with Crippen LogP contribution in [-0.4, -0.2) is 31.8 Å². The molecule has 0 fully saturated rings. The Bertz CT molecular complexity index is 684. The van der Waals surface area contributed by atoms with Crippen molar-refractivity contribution in [2.45, 2.75) is 38.1 Å². The zero-order valence-corrected chi connectivity index (χ0v) is 12.9. The number of hydrogen-bond donors (Lipinski definition) is 3. The van der Waals surface area contributed by atoms with Gasteiger partial charge in [0.05, 0.1) is 6.54 Å². The summed E-state index contributed by atoms with van der Waals surface area (Å²) in [6.45, 7) is 1.07. The molecule has 0 aliphatic carbocycles. The number of carbonyl (C=O) groups is 1. The quantitative estimate of drug-likeness (QED) is 0.747. The van der Waals surface area contributed by atoms with E-state index < -0.39 is 23.5 Å². The Labute approximate surface area is 136 Å². The number of aromatic nitrogens is 3. The first-order valence-electron chi connectivity index (χ1n) is 7.21. The van der Waals surface area contributed by atoms with Crippen LogP contribution in [0.3, 0.4) is 0 Å². The highest BCUT2D eigenvalue weighted by molar-refractivity contribution is 5.84. The maximum atomic E-state index is 12.4. The lowest BCUT2D eigenvalue weighted by Crippen LogP contribution is -2.44. The van der Waals surface area contributed by atoms with Gasteiger partial charge in [0.1, 0.15) is 11.4 Å². The minimum atomic E-state index is -4.65. The average Bonchev–Trinajstić information content (AvgIpc) is 3.01. The summed E-state index contributed by atoms with van der Waals surface area (Å²) in [6, 6.07) is 9.32. The average molecular weight is 342 g/mol. The predicted octanol–water partition coefficient (Wildman–Crippen LogP) is 1.82. The number of nitrogens with one attached hydrogen (secondary N) is 2. The minimum Gasteiger partial charge on any atom is -0.380 e. The van der Waals surface area contributed by atoms with Crippen LogP contribution in [0.2, 0.25) is 0 Å². The van der Waals surface area contributed by atoms with Crippen LogP contribution in [0.4, 0.5) is 13.2 Å². The third kappa shape index (κ3) is 4.79. The van der Waals surface area contributed by atoms with Gasteiger partial charge < -0.3 is 10.4 Å². The third-order valence-corrected chi connectivity index (χ3v) is 3.43. The summed E-state index contributed by atoms with van der Waals surface area (Å²) in [5, 5.41) is 17.7. The van der Waals surface area contributed by atoms with Gasteiger partial charge in [-0.3, -0.25) is 9.89 Å². The Hall–Kier alpha value is -2.42. The van der Waals surface area contributed by atoms with Gasteiger partial charge in [-0.2, -0.15) is 13.2 Å². The lowest BCUT2D eigenvalue weighted by atomic mass is 9.96. The largest absolute Gasteiger partial charge is 0.453 e. The normalized spacial score (nSPS) is 14.2. The van der Waals surface area contributed by atoms with E-state index >= 15 is 0 Å². The highest BCUT2D eigenvalue weighted by Gasteiger charge is 2.36. The fraction of sp³-hybridized carbons (Fsp3) is 0.400. The number of alkyl halides is 3. The Balaban J connectivity index is 1.87. The standard InChI is InChI=1S/C15H17F3N4O2/c1-14(24,8-7-10-5-3-2-4-6-10)13(23)19-9-11-20-12(22-21-11)15(16,17)18/h2-6,24H,7-9H2,1H3,(H,19,23)(H,20,21,22). The van der Waals surface area contributed by atoms with E-state index in [4.69, 9.17) is 0 Å². The van der Waals surface area contributed by atoms with Gasteiger partial charge in [-0.05, 0) is 25.3 Å². The van der Waals surface area contributed by atoms with Crippen molar-refractivity contribution in [1.82, 2.24) is 20.5 Å². The highest BCUT2D eigenvalue weighted by Crippen LogP contribution is 2.25. The molecule has 0 saturated carbocycles. The van der Waals surface area contributed by atoms with Crippen LogP contribution in [0.5, 0.6) is 0 Å². The van der Waals surface area contributed by atoms with Crippen molar-refractivity contribution < 1.29 is 23.1 Å². The van der Waals surface area contributed by atoms with E-state index in [0.29, 0.717) is 6.42 Å². The number of hydrogen-bond acceptors (Lipinski definition) is 4. The van der Waals surface area contributed by atoms with E-state index in [0.717, 1.165) is 5.56 Å². The smallest absolute Gasteiger partial charge is 0.380 e. The van der Waals surface area contributed by atoms with Crippen LogP contribution in [0.15, 0.2) is 30.3 Å². The molecule has 1 amide bonds. The molecule has 130 valence electrons. The first-order chi connectivity index (χ1) is 11.2. The topological polar surface area (TPSA) is 90.9 Å². The summed E-state index contributed by atoms with van der Waals surface area (Å²) >= 11 is 0. The lowest BCUT2D eigenvalue weighted by Gasteiger charge is -2.22. The maximum absolute atomic E-state index is 12.4. The van der Waals surface area contributed by atoms with Crippen molar-refractivity contribution >= 4 is 5.91 Å². The molecule has 3 N–H and O–H groups in total. The van der Waals surface area contributed by atoms with Crippen molar-refractivity contribution in [3.05, 3.63) is 47.5 Å². The van der Waals surface area contributed by atoms with E-state index in [9.17, 15) is 23.1 Å². The summed E-state index contributed by atoms with van der Waals surface area (Å²) in [5.41, 5.74) is -0.682. The van der Waals surface area contributed by atoms with E-state index in [-0.39, 0.29) is 18.8 Å². The number of nitrogens with zero attached hydrogens (tertiary/aromatic N) is 2. The molecule has 0 saturated heterocycles. The molecule has 24 heavy (non-hydrogen) atoms. The van der Waals surface area contributed by atoms with Gasteiger partial charge in [-0.25, -0.2) is 4.98 Å². The molecule has 6 nitrogen and oxygen atoms in total. The maximum Gasteiger partial charge on any atom is 0.453 e. The fourth-order valence-electron chi connectivity index (χ4n) is 2.00. The van der Waals surface area contributed by atoms with Crippen molar-refractivity contribution in [1.29, 1.82) is 0 Å². The molecular weight excluding hydrogens is 325 g/mol. The van der Waals surface area contributed by atoms with Crippen molar-refractivity contribution in [3.8, 4) is 0 Å². The molecule has 0 bridgehead atoms. The van der Waals surface area contributed by atoms with Gasteiger partial charge in [-0.1, -0.05) is 30.3 Å². The Morgan fingerprint density at radius 1 is 1.29 bits per heavy atom. The van der Waals surface area contributed by atoms with E-state index in [1.807, 2.05) is 30.3 Å². The zero-order valence-electron chi connectivity index (χ0n) is 12.9. The summed E-state index contributed by atoms with van der Waals surface area (Å²) in [7, 11) is 0. The second-order valence-electron chi connectivity index (χ2n) is 5.55. The molecule has 2 rings (SSSR count). The first kappa shape index (κ1) is 17.9. The molecule has 0 radical (unpaired) electrons. The Kier molecular flexibility index (Phi) is 5.23. The van der Waals surface area contributed by atoms with E-state index in [1.165, 1.54) is 6.92 Å². The van der Waals surface area contributed by atoms with Crippen molar-refractivity contribution in [2.24, 2.45) is 0 Å². The molecule has 1 aromatic heterocycles. The Morgan fingerprint density at radius 3 is 2.54 bits per heavy atom. The van der Waals surface area contributed by atoms with Gasteiger partial charge in [-0.15, -0.1) is 5.10 Å². The lowest BCUT2D eigenvalue weighted by molar-refractivity contribution is -0.144. The number of carbonyl (C=O) groups excluding carboxylic acids is 1. The number of benzene rings is 1. The first-order valence-corrected chi connectivity index (χ1v) is 7.21. The molecular formula is C15H17F3N4O2. The van der Waals surface area contributed by atoms with Gasteiger partial charge in [0.25, 0.3) is 11.7 Å². The molecule has 1 unspecified atom stereocenters. The van der Waals surface area contributed by atoms with Gasteiger partial charge in [0.2, 0.25) is 0 Å². The number of aromatic amines is 1. The molecule has 1 heterocycles. The number of rotatable bonds is 6. The molecule has 2 aromatic rings. The second kappa shape index (κ2) is 7.00. The third-order valence-electron chi connectivity index (χ3n) is 3.43. The number of halogens is 3. The summed E-state index contributed by atoms with van der Waals surface area (Å²) < 4.78 is 37.1. The summed E-state index contributed by atoms with van der Waals surface area (Å²) in [6.07, 6.45) is -3.99. The van der Waals surface area contributed by atoms with Crippen LogP contribution in [0.1, 0.15) is 30.6 Å². The minimum absolute atomic E-state index is 0.144. The van der Waals surface area contributed by atoms with Gasteiger partial charge >= 0.3 is 6.18 Å². The molecule has 0 aliphatic heterocycles.